The predicted octanol–water partition coefficient (Wildman–Crippen LogP) is 4.66. The number of rotatable bonds is 5. The van der Waals surface area contributed by atoms with Gasteiger partial charge in [-0.15, -0.1) is 0 Å². The number of anilines is 1. The standard InChI is InChI=1S/C18H21ClN2OS/c1-13-7-8-14(2)17(11-13)20-18(23)21(3)9-10-22-16-6-4-5-15(19)12-16/h4-8,11-12H,9-10H2,1-3H3,(H,20,23). The first kappa shape index (κ1) is 17.6. The summed E-state index contributed by atoms with van der Waals surface area (Å²) >= 11 is 11.4. The molecule has 5 heteroatoms. The second-order valence-corrected chi connectivity index (χ2v) is 6.30. The Hall–Kier alpha value is -1.78. The molecule has 0 radical (unpaired) electrons. The molecule has 0 aliphatic carbocycles. The van der Waals surface area contributed by atoms with E-state index in [1.807, 2.05) is 30.1 Å². The first-order valence-corrected chi connectivity index (χ1v) is 8.22. The van der Waals surface area contributed by atoms with E-state index < -0.39 is 0 Å². The Labute approximate surface area is 148 Å². The van der Waals surface area contributed by atoms with Crippen molar-refractivity contribution in [2.24, 2.45) is 0 Å². The van der Waals surface area contributed by atoms with Gasteiger partial charge in [-0.05, 0) is 61.5 Å². The average molecular weight is 349 g/mol. The fraction of sp³-hybridized carbons (Fsp3) is 0.278. The highest BCUT2D eigenvalue weighted by atomic mass is 35.5. The molecule has 0 heterocycles. The van der Waals surface area contributed by atoms with Crippen LogP contribution in [0.1, 0.15) is 11.1 Å². The van der Waals surface area contributed by atoms with Gasteiger partial charge < -0.3 is 15.0 Å². The van der Waals surface area contributed by atoms with Gasteiger partial charge in [0.2, 0.25) is 0 Å². The molecular weight excluding hydrogens is 328 g/mol. The summed E-state index contributed by atoms with van der Waals surface area (Å²) in [6.07, 6.45) is 0. The van der Waals surface area contributed by atoms with Crippen LogP contribution in [0.25, 0.3) is 0 Å². The Bertz CT molecular complexity index is 690. The fourth-order valence-electron chi connectivity index (χ4n) is 2.04. The van der Waals surface area contributed by atoms with Crippen molar-refractivity contribution in [2.75, 3.05) is 25.5 Å². The Kier molecular flexibility index (Phi) is 6.25. The maximum absolute atomic E-state index is 5.93. The van der Waals surface area contributed by atoms with Gasteiger partial charge >= 0.3 is 0 Å². The third kappa shape index (κ3) is 5.41. The summed E-state index contributed by atoms with van der Waals surface area (Å²) in [5.41, 5.74) is 3.41. The summed E-state index contributed by atoms with van der Waals surface area (Å²) in [7, 11) is 1.95. The monoisotopic (exact) mass is 348 g/mol. The number of benzene rings is 2. The number of halogens is 1. The third-order valence-electron chi connectivity index (χ3n) is 3.47. The van der Waals surface area contributed by atoms with Crippen LogP contribution in [0.15, 0.2) is 42.5 Å². The van der Waals surface area contributed by atoms with Crippen molar-refractivity contribution in [1.82, 2.24) is 4.90 Å². The Balaban J connectivity index is 1.84. The van der Waals surface area contributed by atoms with Crippen molar-refractivity contribution < 1.29 is 4.74 Å². The van der Waals surface area contributed by atoms with E-state index in [4.69, 9.17) is 28.6 Å². The molecule has 0 atom stereocenters. The molecule has 2 aromatic carbocycles. The zero-order chi connectivity index (χ0) is 16.8. The molecule has 0 amide bonds. The molecule has 0 spiro atoms. The quantitative estimate of drug-likeness (QED) is 0.794. The first-order valence-electron chi connectivity index (χ1n) is 7.43. The minimum atomic E-state index is 0.533. The van der Waals surface area contributed by atoms with Gasteiger partial charge in [0.15, 0.2) is 5.11 Å². The number of thiocarbonyl (C=S) groups is 1. The lowest BCUT2D eigenvalue weighted by Gasteiger charge is -2.22. The van der Waals surface area contributed by atoms with Crippen LogP contribution in [0.2, 0.25) is 5.02 Å². The number of nitrogens with zero attached hydrogens (tertiary/aromatic N) is 1. The summed E-state index contributed by atoms with van der Waals surface area (Å²) in [6.45, 7) is 5.34. The van der Waals surface area contributed by atoms with E-state index >= 15 is 0 Å². The topological polar surface area (TPSA) is 24.5 Å². The lowest BCUT2D eigenvalue weighted by atomic mass is 10.1. The molecule has 0 unspecified atom stereocenters. The molecule has 0 aromatic heterocycles. The molecule has 3 nitrogen and oxygen atoms in total. The second kappa shape index (κ2) is 8.18. The van der Waals surface area contributed by atoms with Crippen LogP contribution in [0, 0.1) is 13.8 Å². The molecule has 0 aliphatic heterocycles. The van der Waals surface area contributed by atoms with Gasteiger partial charge in [-0.3, -0.25) is 0 Å². The number of likely N-dealkylation sites (N-methyl/N-ethyl adjacent to an activating group) is 1. The van der Waals surface area contributed by atoms with Crippen molar-refractivity contribution in [3.63, 3.8) is 0 Å². The molecule has 23 heavy (non-hydrogen) atoms. The van der Waals surface area contributed by atoms with Crippen LogP contribution in [-0.4, -0.2) is 30.2 Å². The van der Waals surface area contributed by atoms with E-state index in [1.54, 1.807) is 6.07 Å². The van der Waals surface area contributed by atoms with Crippen LogP contribution in [-0.2, 0) is 0 Å². The zero-order valence-electron chi connectivity index (χ0n) is 13.6. The molecule has 0 saturated heterocycles. The largest absolute Gasteiger partial charge is 0.492 e. The Morgan fingerprint density at radius 2 is 2.00 bits per heavy atom. The molecule has 2 aromatic rings. The van der Waals surface area contributed by atoms with Crippen molar-refractivity contribution >= 4 is 34.6 Å². The van der Waals surface area contributed by atoms with Crippen LogP contribution < -0.4 is 10.1 Å². The van der Waals surface area contributed by atoms with E-state index in [9.17, 15) is 0 Å². The Morgan fingerprint density at radius 1 is 1.22 bits per heavy atom. The normalized spacial score (nSPS) is 10.3. The van der Waals surface area contributed by atoms with E-state index in [1.165, 1.54) is 11.1 Å². The van der Waals surface area contributed by atoms with E-state index in [2.05, 4.69) is 37.4 Å². The van der Waals surface area contributed by atoms with Crippen molar-refractivity contribution in [1.29, 1.82) is 0 Å². The summed E-state index contributed by atoms with van der Waals surface area (Å²) in [6, 6.07) is 13.7. The number of hydrogen-bond acceptors (Lipinski definition) is 2. The SMILES string of the molecule is Cc1ccc(C)c(NC(=S)N(C)CCOc2cccc(Cl)c2)c1. The lowest BCUT2D eigenvalue weighted by molar-refractivity contribution is 0.285. The highest BCUT2D eigenvalue weighted by Gasteiger charge is 2.07. The number of hydrogen-bond donors (Lipinski definition) is 1. The molecule has 2 rings (SSSR count). The molecule has 0 bridgehead atoms. The first-order chi connectivity index (χ1) is 11.0. The van der Waals surface area contributed by atoms with Gasteiger partial charge in [-0.2, -0.15) is 0 Å². The summed E-state index contributed by atoms with van der Waals surface area (Å²) in [5.74, 6) is 0.763. The molecule has 0 aliphatic rings. The van der Waals surface area contributed by atoms with Gasteiger partial charge in [-0.25, -0.2) is 0 Å². The molecule has 0 fully saturated rings. The third-order valence-corrected chi connectivity index (χ3v) is 4.12. The number of aryl methyl sites for hydroxylation is 2. The van der Waals surface area contributed by atoms with Crippen molar-refractivity contribution in [3.05, 3.63) is 58.6 Å². The molecule has 1 N–H and O–H groups in total. The molecule has 0 saturated carbocycles. The van der Waals surface area contributed by atoms with Gasteiger partial charge in [-0.1, -0.05) is 29.8 Å². The smallest absolute Gasteiger partial charge is 0.173 e. The van der Waals surface area contributed by atoms with Crippen molar-refractivity contribution in [2.45, 2.75) is 13.8 Å². The van der Waals surface area contributed by atoms with Crippen LogP contribution >= 0.6 is 23.8 Å². The van der Waals surface area contributed by atoms with E-state index in [0.29, 0.717) is 23.3 Å². The summed E-state index contributed by atoms with van der Waals surface area (Å²) in [4.78, 5) is 1.96. The van der Waals surface area contributed by atoms with Crippen molar-refractivity contribution in [3.8, 4) is 5.75 Å². The van der Waals surface area contributed by atoms with Crippen LogP contribution in [0.4, 0.5) is 5.69 Å². The Morgan fingerprint density at radius 3 is 2.74 bits per heavy atom. The average Bonchev–Trinajstić information content (AvgIpc) is 2.51. The van der Waals surface area contributed by atoms with Gasteiger partial charge in [0.25, 0.3) is 0 Å². The number of ether oxygens (including phenoxy) is 1. The van der Waals surface area contributed by atoms with Crippen LogP contribution in [0.5, 0.6) is 5.75 Å². The molecular formula is C18H21ClN2OS. The lowest BCUT2D eigenvalue weighted by Crippen LogP contribution is -2.34. The fourth-order valence-corrected chi connectivity index (χ4v) is 2.42. The molecule has 122 valence electrons. The maximum Gasteiger partial charge on any atom is 0.173 e. The zero-order valence-corrected chi connectivity index (χ0v) is 15.2. The van der Waals surface area contributed by atoms with Gasteiger partial charge in [0.1, 0.15) is 12.4 Å². The second-order valence-electron chi connectivity index (χ2n) is 5.48. The highest BCUT2D eigenvalue weighted by Crippen LogP contribution is 2.18. The minimum Gasteiger partial charge on any atom is -0.492 e. The highest BCUT2D eigenvalue weighted by molar-refractivity contribution is 7.80. The van der Waals surface area contributed by atoms with Gasteiger partial charge in [0, 0.05) is 17.8 Å². The number of nitrogens with one attached hydrogen (secondary N) is 1. The summed E-state index contributed by atoms with van der Waals surface area (Å²) in [5, 5.41) is 4.63. The maximum atomic E-state index is 5.93. The predicted molar refractivity (Wildman–Crippen MR) is 102 cm³/mol. The van der Waals surface area contributed by atoms with Gasteiger partial charge in [0.05, 0.1) is 6.54 Å². The van der Waals surface area contributed by atoms with E-state index in [0.717, 1.165) is 11.4 Å². The summed E-state index contributed by atoms with van der Waals surface area (Å²) < 4.78 is 5.69. The van der Waals surface area contributed by atoms with E-state index in [-0.39, 0.29) is 0 Å². The minimum absolute atomic E-state index is 0.533. The van der Waals surface area contributed by atoms with Crippen LogP contribution in [0.3, 0.4) is 0 Å².